The van der Waals surface area contributed by atoms with Gasteiger partial charge in [-0.25, -0.2) is 0 Å². The van der Waals surface area contributed by atoms with E-state index in [2.05, 4.69) is 0 Å². The third kappa shape index (κ3) is 1.72. The highest BCUT2D eigenvalue weighted by molar-refractivity contribution is 5.77. The summed E-state index contributed by atoms with van der Waals surface area (Å²) in [5.41, 5.74) is -0.483. The molecule has 3 atom stereocenters. The average molecular weight is 224 g/mol. The fourth-order valence-electron chi connectivity index (χ4n) is 2.99. The molecule has 0 spiro atoms. The molecule has 0 aromatic heterocycles. The molecule has 16 heavy (non-hydrogen) atoms. The second-order valence-electron chi connectivity index (χ2n) is 4.66. The van der Waals surface area contributed by atoms with Crippen LogP contribution < -0.4 is 0 Å². The van der Waals surface area contributed by atoms with Gasteiger partial charge in [0.25, 0.3) is 0 Å². The Bertz CT molecular complexity index is 347. The van der Waals surface area contributed by atoms with Crippen LogP contribution in [0.2, 0.25) is 0 Å². The largest absolute Gasteiger partial charge is 0.481 e. The predicted octanol–water partition coefficient (Wildman–Crippen LogP) is 1.61. The van der Waals surface area contributed by atoms with E-state index in [1.807, 2.05) is 12.2 Å². The monoisotopic (exact) mass is 224 g/mol. The van der Waals surface area contributed by atoms with Crippen LogP contribution in [0.5, 0.6) is 0 Å². The molecule has 0 heterocycles. The van der Waals surface area contributed by atoms with Crippen molar-refractivity contribution in [2.75, 3.05) is 6.61 Å². The summed E-state index contributed by atoms with van der Waals surface area (Å²) in [6, 6.07) is 0. The molecule has 0 aliphatic heterocycles. The number of hydrogen-bond donors (Lipinski definition) is 1. The normalized spacial score (nSPS) is 35.3. The van der Waals surface area contributed by atoms with Gasteiger partial charge in [-0.15, -0.1) is 0 Å². The Labute approximate surface area is 94.3 Å². The topological polar surface area (TPSA) is 63.6 Å². The van der Waals surface area contributed by atoms with Crippen molar-refractivity contribution < 1.29 is 19.4 Å². The number of aliphatic carboxylic acids is 1. The van der Waals surface area contributed by atoms with E-state index in [4.69, 9.17) is 9.84 Å². The maximum absolute atomic E-state index is 11.5. The zero-order valence-corrected chi connectivity index (χ0v) is 9.31. The summed E-state index contributed by atoms with van der Waals surface area (Å²) < 4.78 is 4.91. The zero-order valence-electron chi connectivity index (χ0n) is 9.31. The third-order valence-corrected chi connectivity index (χ3v) is 3.65. The average Bonchev–Trinajstić information content (AvgIpc) is 2.74. The molecule has 0 aromatic rings. The van der Waals surface area contributed by atoms with E-state index in [0.29, 0.717) is 18.9 Å². The quantitative estimate of drug-likeness (QED) is 0.582. The lowest BCUT2D eigenvalue weighted by Gasteiger charge is -2.28. The lowest BCUT2D eigenvalue weighted by Crippen LogP contribution is -2.32. The van der Waals surface area contributed by atoms with Gasteiger partial charge in [0.1, 0.15) is 0 Å². The highest BCUT2D eigenvalue weighted by Crippen LogP contribution is 2.55. The van der Waals surface area contributed by atoms with Crippen LogP contribution >= 0.6 is 0 Å². The van der Waals surface area contributed by atoms with Crippen molar-refractivity contribution in [3.8, 4) is 0 Å². The van der Waals surface area contributed by atoms with Gasteiger partial charge in [-0.2, -0.15) is 0 Å². The van der Waals surface area contributed by atoms with Gasteiger partial charge in [-0.1, -0.05) is 12.2 Å². The van der Waals surface area contributed by atoms with Crippen LogP contribution in [0.4, 0.5) is 0 Å². The maximum Gasteiger partial charge on any atom is 0.307 e. The summed E-state index contributed by atoms with van der Waals surface area (Å²) in [7, 11) is 0. The minimum atomic E-state index is -0.795. The van der Waals surface area contributed by atoms with Crippen molar-refractivity contribution >= 4 is 11.9 Å². The molecule has 1 N–H and O–H groups in total. The number of hydrogen-bond acceptors (Lipinski definition) is 3. The van der Waals surface area contributed by atoms with E-state index in [1.54, 1.807) is 6.92 Å². The van der Waals surface area contributed by atoms with Crippen molar-refractivity contribution in [1.82, 2.24) is 0 Å². The van der Waals surface area contributed by atoms with Gasteiger partial charge in [0.05, 0.1) is 18.9 Å². The number of esters is 1. The van der Waals surface area contributed by atoms with Gasteiger partial charge >= 0.3 is 11.9 Å². The van der Waals surface area contributed by atoms with E-state index in [9.17, 15) is 9.59 Å². The second-order valence-corrected chi connectivity index (χ2v) is 4.66. The molecule has 0 saturated heterocycles. The number of carbonyl (C=O) groups is 2. The molecule has 2 aliphatic carbocycles. The lowest BCUT2D eigenvalue weighted by molar-refractivity contribution is -0.149. The van der Waals surface area contributed by atoms with Gasteiger partial charge in [0, 0.05) is 5.41 Å². The number of carbonyl (C=O) groups excluding carboxylic acids is 1. The number of allylic oxidation sites excluding steroid dienone is 2. The van der Waals surface area contributed by atoms with Crippen LogP contribution in [0, 0.1) is 17.3 Å². The highest BCUT2D eigenvalue weighted by atomic mass is 16.5. The van der Waals surface area contributed by atoms with Crippen LogP contribution in [0.15, 0.2) is 12.2 Å². The van der Waals surface area contributed by atoms with E-state index in [-0.39, 0.29) is 12.4 Å². The van der Waals surface area contributed by atoms with E-state index in [1.165, 1.54) is 0 Å². The van der Waals surface area contributed by atoms with Crippen molar-refractivity contribution in [3.63, 3.8) is 0 Å². The first-order chi connectivity index (χ1) is 7.57. The van der Waals surface area contributed by atoms with E-state index < -0.39 is 17.3 Å². The Kier molecular flexibility index (Phi) is 2.74. The number of rotatable bonds is 4. The summed E-state index contributed by atoms with van der Waals surface area (Å²) in [5.74, 6) is -1.18. The summed E-state index contributed by atoms with van der Waals surface area (Å²) in [6.45, 7) is 2.10. The molecule has 2 aliphatic rings. The first kappa shape index (κ1) is 11.2. The third-order valence-electron chi connectivity index (χ3n) is 3.65. The molecule has 0 amide bonds. The molecule has 4 heteroatoms. The summed E-state index contributed by atoms with van der Waals surface area (Å²) in [5, 5.41) is 9.16. The molecular weight excluding hydrogens is 208 g/mol. The number of ether oxygens (including phenoxy) is 1. The molecule has 3 unspecified atom stereocenters. The lowest BCUT2D eigenvalue weighted by atomic mass is 9.75. The minimum absolute atomic E-state index is 0.199. The molecule has 0 radical (unpaired) electrons. The van der Waals surface area contributed by atoms with Crippen molar-refractivity contribution in [1.29, 1.82) is 0 Å². The van der Waals surface area contributed by atoms with Crippen LogP contribution in [-0.4, -0.2) is 23.7 Å². The Balaban J connectivity index is 2.12. The molecule has 88 valence electrons. The Morgan fingerprint density at radius 1 is 1.56 bits per heavy atom. The molecule has 0 aromatic carbocycles. The van der Waals surface area contributed by atoms with Crippen LogP contribution in [0.3, 0.4) is 0 Å². The minimum Gasteiger partial charge on any atom is -0.481 e. The van der Waals surface area contributed by atoms with Gasteiger partial charge in [0.15, 0.2) is 0 Å². The first-order valence-electron chi connectivity index (χ1n) is 5.65. The van der Waals surface area contributed by atoms with Crippen LogP contribution in [0.1, 0.15) is 26.2 Å². The van der Waals surface area contributed by atoms with E-state index >= 15 is 0 Å². The summed E-state index contributed by atoms with van der Waals surface area (Å²) in [4.78, 5) is 22.7. The van der Waals surface area contributed by atoms with Crippen molar-refractivity contribution in [3.05, 3.63) is 12.2 Å². The molecule has 2 rings (SSSR count). The zero-order chi connectivity index (χ0) is 11.8. The number of carboxylic acid groups (broad SMARTS) is 1. The predicted molar refractivity (Wildman–Crippen MR) is 56.7 cm³/mol. The van der Waals surface area contributed by atoms with Gasteiger partial charge in [-0.05, 0) is 25.7 Å². The molecule has 1 fully saturated rings. The highest BCUT2D eigenvalue weighted by Gasteiger charge is 2.53. The summed E-state index contributed by atoms with van der Waals surface area (Å²) >= 11 is 0. The Morgan fingerprint density at radius 3 is 2.88 bits per heavy atom. The summed E-state index contributed by atoms with van der Waals surface area (Å²) in [6.07, 6.45) is 5.59. The SMILES string of the molecule is CCOC(=O)CC12C=CC(CC1C(=O)O)C2. The fourth-order valence-corrected chi connectivity index (χ4v) is 2.99. The first-order valence-corrected chi connectivity index (χ1v) is 5.65. The Hall–Kier alpha value is -1.32. The molecule has 4 nitrogen and oxygen atoms in total. The van der Waals surface area contributed by atoms with Crippen LogP contribution in [0.25, 0.3) is 0 Å². The molecular formula is C12H16O4. The number of carboxylic acids is 1. The maximum atomic E-state index is 11.5. The smallest absolute Gasteiger partial charge is 0.307 e. The standard InChI is InChI=1S/C12H16O4/c1-2-16-10(13)7-12-4-3-8(6-12)5-9(12)11(14)15/h3-4,8-9H,2,5-7H2,1H3,(H,14,15). The second kappa shape index (κ2) is 3.92. The van der Waals surface area contributed by atoms with Crippen molar-refractivity contribution in [2.24, 2.45) is 17.3 Å². The number of fused-ring (bicyclic) bond motifs is 2. The van der Waals surface area contributed by atoms with Gasteiger partial charge < -0.3 is 9.84 Å². The Morgan fingerprint density at radius 2 is 2.31 bits per heavy atom. The van der Waals surface area contributed by atoms with Crippen LogP contribution in [-0.2, 0) is 14.3 Å². The molecule has 2 bridgehead atoms. The van der Waals surface area contributed by atoms with E-state index in [0.717, 1.165) is 6.42 Å². The van der Waals surface area contributed by atoms with Crippen molar-refractivity contribution in [2.45, 2.75) is 26.2 Å². The van der Waals surface area contributed by atoms with Gasteiger partial charge in [-0.3, -0.25) is 9.59 Å². The van der Waals surface area contributed by atoms with Gasteiger partial charge in [0.2, 0.25) is 0 Å². The molecule has 1 saturated carbocycles. The fraction of sp³-hybridized carbons (Fsp3) is 0.667.